The van der Waals surface area contributed by atoms with E-state index in [9.17, 15) is 9.59 Å². The zero-order chi connectivity index (χ0) is 20.4. The number of methoxy groups -OCH3 is 2. The van der Waals surface area contributed by atoms with Crippen LogP contribution in [0.5, 0.6) is 11.5 Å². The van der Waals surface area contributed by atoms with Crippen molar-refractivity contribution in [2.45, 2.75) is 26.3 Å². The van der Waals surface area contributed by atoms with Crippen LogP contribution in [-0.4, -0.2) is 55.0 Å². The normalized spacial score (nSPS) is 12.1. The van der Waals surface area contributed by atoms with E-state index in [2.05, 4.69) is 15.4 Å². The topological polar surface area (TPSA) is 115 Å². The molecule has 1 rings (SSSR count). The maximum Gasteiger partial charge on any atom is 0.252 e. The van der Waals surface area contributed by atoms with Crippen molar-refractivity contribution in [1.29, 1.82) is 0 Å². The Bertz CT molecular complexity index is 710. The molecule has 0 atom stereocenters. The molecule has 0 saturated carbocycles. The molecule has 3 N–H and O–H groups in total. The Balaban J connectivity index is 2.86. The van der Waals surface area contributed by atoms with Crippen molar-refractivity contribution in [2.75, 3.05) is 26.5 Å². The van der Waals surface area contributed by atoms with Crippen LogP contribution in [0.4, 0.5) is 0 Å². The van der Waals surface area contributed by atoms with Crippen molar-refractivity contribution in [1.82, 2.24) is 5.32 Å². The Morgan fingerprint density at radius 2 is 1.81 bits per heavy atom. The van der Waals surface area contributed by atoms with Crippen LogP contribution in [0, 0.1) is 0 Å². The van der Waals surface area contributed by atoms with Crippen molar-refractivity contribution in [2.24, 2.45) is 15.9 Å². The Morgan fingerprint density at radius 3 is 2.30 bits per heavy atom. The van der Waals surface area contributed by atoms with E-state index in [1.165, 1.54) is 39.1 Å². The molecule has 8 nitrogen and oxygen atoms in total. The molecule has 0 radical (unpaired) electrons. The van der Waals surface area contributed by atoms with E-state index in [1.54, 1.807) is 32.0 Å². The molecule has 1 aromatic rings. The lowest BCUT2D eigenvalue weighted by molar-refractivity contribution is -0.109. The highest BCUT2D eigenvalue weighted by molar-refractivity contribution is 8.13. The number of hydrazone groups is 1. The second-order valence-corrected chi connectivity index (χ2v) is 7.34. The molecule has 0 spiro atoms. The van der Waals surface area contributed by atoms with Gasteiger partial charge in [0.1, 0.15) is 17.2 Å². The van der Waals surface area contributed by atoms with Crippen molar-refractivity contribution < 1.29 is 19.1 Å². The second-order valence-electron chi connectivity index (χ2n) is 6.07. The van der Waals surface area contributed by atoms with Crippen molar-refractivity contribution >= 4 is 34.7 Å². The summed E-state index contributed by atoms with van der Waals surface area (Å²) in [6, 6.07) is 4.90. The molecule has 0 saturated heterocycles. The summed E-state index contributed by atoms with van der Waals surface area (Å²) in [5.41, 5.74) is -0.0803. The SMILES string of the molecule is COc1cc(OC)cc(C(=O)NC(C)(C)/C(C=NCCSC(C)=O)=N/N)c1. The molecule has 148 valence electrons. The van der Waals surface area contributed by atoms with E-state index in [0.717, 1.165) is 0 Å². The molecule has 0 aliphatic carbocycles. The van der Waals surface area contributed by atoms with Gasteiger partial charge in [-0.2, -0.15) is 5.10 Å². The van der Waals surface area contributed by atoms with Gasteiger partial charge in [0.15, 0.2) is 5.12 Å². The molecule has 27 heavy (non-hydrogen) atoms. The standard InChI is InChI=1S/C18H26N4O4S/c1-12(23)27-7-6-20-11-16(22-19)18(2,3)21-17(24)13-8-14(25-4)10-15(9-13)26-5/h8-11H,6-7,19H2,1-5H3,(H,21,24)/b20-11?,22-16+. The Hall–Kier alpha value is -2.55. The lowest BCUT2D eigenvalue weighted by Gasteiger charge is -2.26. The van der Waals surface area contributed by atoms with Gasteiger partial charge >= 0.3 is 0 Å². The highest BCUT2D eigenvalue weighted by Gasteiger charge is 2.27. The number of nitrogens with zero attached hydrogens (tertiary/aromatic N) is 2. The maximum absolute atomic E-state index is 12.7. The summed E-state index contributed by atoms with van der Waals surface area (Å²) in [6.45, 7) is 5.49. The zero-order valence-electron chi connectivity index (χ0n) is 16.2. The third-order valence-electron chi connectivity index (χ3n) is 3.56. The van der Waals surface area contributed by atoms with Crippen molar-refractivity contribution in [3.05, 3.63) is 23.8 Å². The molecule has 0 aliphatic rings. The van der Waals surface area contributed by atoms with Gasteiger partial charge in [-0.1, -0.05) is 11.8 Å². The number of aliphatic imine (C=N–C) groups is 1. The van der Waals surface area contributed by atoms with Gasteiger partial charge in [0, 0.05) is 37.1 Å². The third-order valence-corrected chi connectivity index (χ3v) is 4.35. The molecular weight excluding hydrogens is 368 g/mol. The lowest BCUT2D eigenvalue weighted by atomic mass is 9.98. The molecule has 0 bridgehead atoms. The first-order valence-electron chi connectivity index (χ1n) is 8.20. The highest BCUT2D eigenvalue weighted by Crippen LogP contribution is 2.23. The number of amides is 1. The molecule has 0 aliphatic heterocycles. The predicted octanol–water partition coefficient (Wildman–Crippen LogP) is 1.88. The van der Waals surface area contributed by atoms with Crippen LogP contribution < -0.4 is 20.6 Å². The van der Waals surface area contributed by atoms with E-state index in [4.69, 9.17) is 15.3 Å². The van der Waals surface area contributed by atoms with Gasteiger partial charge in [-0.3, -0.25) is 14.6 Å². The van der Waals surface area contributed by atoms with Crippen LogP contribution in [-0.2, 0) is 4.79 Å². The number of thioether (sulfide) groups is 1. The average molecular weight is 394 g/mol. The largest absolute Gasteiger partial charge is 0.497 e. The number of benzene rings is 1. The fourth-order valence-corrected chi connectivity index (χ4v) is 2.59. The quantitative estimate of drug-likeness (QED) is 0.286. The number of hydrogen-bond donors (Lipinski definition) is 2. The van der Waals surface area contributed by atoms with Crippen LogP contribution in [0.1, 0.15) is 31.1 Å². The minimum atomic E-state index is -0.862. The number of carbonyl (C=O) groups is 2. The molecule has 0 unspecified atom stereocenters. The summed E-state index contributed by atoms with van der Waals surface area (Å²) in [5, 5.41) is 6.65. The number of rotatable bonds is 9. The summed E-state index contributed by atoms with van der Waals surface area (Å²) in [4.78, 5) is 27.8. The molecule has 1 aromatic carbocycles. The van der Waals surface area contributed by atoms with E-state index in [-0.39, 0.29) is 11.0 Å². The highest BCUT2D eigenvalue weighted by atomic mass is 32.2. The van der Waals surface area contributed by atoms with Gasteiger partial charge in [-0.05, 0) is 26.0 Å². The van der Waals surface area contributed by atoms with E-state index >= 15 is 0 Å². The fraction of sp³-hybridized carbons (Fsp3) is 0.444. The number of nitrogens with two attached hydrogens (primary N) is 1. The van der Waals surface area contributed by atoms with Crippen molar-refractivity contribution in [3.63, 3.8) is 0 Å². The number of ether oxygens (including phenoxy) is 2. The van der Waals surface area contributed by atoms with E-state index in [0.29, 0.717) is 35.1 Å². The average Bonchev–Trinajstić information content (AvgIpc) is 2.63. The molecular formula is C18H26N4O4S. The summed E-state index contributed by atoms with van der Waals surface area (Å²) in [7, 11) is 3.03. The van der Waals surface area contributed by atoms with E-state index in [1.807, 2.05) is 0 Å². The monoisotopic (exact) mass is 394 g/mol. The first-order chi connectivity index (χ1) is 12.7. The van der Waals surface area contributed by atoms with Gasteiger partial charge < -0.3 is 20.6 Å². The molecule has 0 aromatic heterocycles. The number of carbonyl (C=O) groups excluding carboxylic acids is 2. The molecule has 9 heteroatoms. The molecule has 1 amide bonds. The third kappa shape index (κ3) is 7.30. The summed E-state index contributed by atoms with van der Waals surface area (Å²) in [6.07, 6.45) is 1.51. The first-order valence-corrected chi connectivity index (χ1v) is 9.19. The minimum absolute atomic E-state index is 0.0410. The first kappa shape index (κ1) is 22.5. The lowest BCUT2D eigenvalue weighted by Crippen LogP contribution is -2.50. The second kappa shape index (κ2) is 10.6. The Morgan fingerprint density at radius 1 is 1.22 bits per heavy atom. The molecule has 0 heterocycles. The van der Waals surface area contributed by atoms with Crippen LogP contribution in [0.3, 0.4) is 0 Å². The van der Waals surface area contributed by atoms with E-state index < -0.39 is 5.54 Å². The zero-order valence-corrected chi connectivity index (χ0v) is 17.1. The predicted molar refractivity (Wildman–Crippen MR) is 109 cm³/mol. The summed E-state index contributed by atoms with van der Waals surface area (Å²) in [5.74, 6) is 6.73. The van der Waals surface area contributed by atoms with Crippen LogP contribution in [0.15, 0.2) is 28.3 Å². The van der Waals surface area contributed by atoms with Gasteiger partial charge in [0.25, 0.3) is 5.91 Å². The summed E-state index contributed by atoms with van der Waals surface area (Å²) < 4.78 is 10.4. The van der Waals surface area contributed by atoms with Crippen LogP contribution in [0.25, 0.3) is 0 Å². The van der Waals surface area contributed by atoms with Gasteiger partial charge in [0.2, 0.25) is 0 Å². The van der Waals surface area contributed by atoms with Crippen LogP contribution >= 0.6 is 11.8 Å². The maximum atomic E-state index is 12.7. The van der Waals surface area contributed by atoms with Crippen molar-refractivity contribution in [3.8, 4) is 11.5 Å². The van der Waals surface area contributed by atoms with Gasteiger partial charge in [0.05, 0.1) is 19.8 Å². The summed E-state index contributed by atoms with van der Waals surface area (Å²) >= 11 is 1.20. The number of hydrogen-bond acceptors (Lipinski definition) is 8. The fourth-order valence-electron chi connectivity index (χ4n) is 2.11. The van der Waals surface area contributed by atoms with Gasteiger partial charge in [-0.25, -0.2) is 0 Å². The smallest absolute Gasteiger partial charge is 0.252 e. The Kier molecular flexibility index (Phi) is 8.80. The van der Waals surface area contributed by atoms with Gasteiger partial charge in [-0.15, -0.1) is 0 Å². The molecule has 0 fully saturated rings. The number of nitrogens with one attached hydrogen (secondary N) is 1. The minimum Gasteiger partial charge on any atom is -0.497 e. The van der Waals surface area contributed by atoms with Crippen LogP contribution in [0.2, 0.25) is 0 Å². The Labute approximate surface area is 163 Å².